The maximum atomic E-state index is 5.57. The van der Waals surface area contributed by atoms with E-state index in [2.05, 4.69) is 56.9 Å². The highest BCUT2D eigenvalue weighted by molar-refractivity contribution is 5.80. The highest BCUT2D eigenvalue weighted by atomic mass is 16.3. The van der Waals surface area contributed by atoms with Crippen LogP contribution in [0.4, 0.5) is 5.69 Å². The summed E-state index contributed by atoms with van der Waals surface area (Å²) in [6.07, 6.45) is 1.11. The van der Waals surface area contributed by atoms with Crippen LogP contribution in [0.3, 0.4) is 0 Å². The van der Waals surface area contributed by atoms with Gasteiger partial charge in [-0.1, -0.05) is 18.2 Å². The number of anilines is 1. The molecule has 1 aliphatic heterocycles. The zero-order valence-corrected chi connectivity index (χ0v) is 14.7. The average Bonchev–Trinajstić information content (AvgIpc) is 3.18. The van der Waals surface area contributed by atoms with Crippen LogP contribution in [-0.4, -0.2) is 32.1 Å². The second kappa shape index (κ2) is 7.43. The summed E-state index contributed by atoms with van der Waals surface area (Å²) in [7, 11) is 1.81. The molecule has 5 heteroatoms. The number of aliphatic imine (C=N–C) groups is 1. The molecule has 0 spiro atoms. The van der Waals surface area contributed by atoms with Crippen molar-refractivity contribution in [3.8, 4) is 0 Å². The molecule has 0 bridgehead atoms. The number of hydrogen-bond acceptors (Lipinski definition) is 3. The minimum absolute atomic E-state index is 0.406. The van der Waals surface area contributed by atoms with E-state index in [0.717, 1.165) is 43.5 Å². The Balaban J connectivity index is 1.52. The van der Waals surface area contributed by atoms with Crippen LogP contribution in [0.15, 0.2) is 45.8 Å². The molecule has 128 valence electrons. The molecule has 24 heavy (non-hydrogen) atoms. The monoisotopic (exact) mass is 326 g/mol. The first-order chi connectivity index (χ1) is 11.7. The first-order valence-corrected chi connectivity index (χ1v) is 8.49. The average molecular weight is 326 g/mol. The van der Waals surface area contributed by atoms with Gasteiger partial charge in [-0.05, 0) is 38.5 Å². The molecule has 0 aliphatic carbocycles. The van der Waals surface area contributed by atoms with Crippen molar-refractivity contribution in [2.45, 2.75) is 32.9 Å². The Morgan fingerprint density at radius 1 is 1.29 bits per heavy atom. The van der Waals surface area contributed by atoms with Crippen LogP contribution >= 0.6 is 0 Å². The minimum Gasteiger partial charge on any atom is -0.466 e. The van der Waals surface area contributed by atoms with E-state index in [-0.39, 0.29) is 0 Å². The molecule has 1 aromatic carbocycles. The normalized spacial score (nSPS) is 18.0. The number of nitrogens with zero attached hydrogens (tertiary/aromatic N) is 2. The summed E-state index contributed by atoms with van der Waals surface area (Å²) < 4.78 is 5.57. The predicted octanol–water partition coefficient (Wildman–Crippen LogP) is 2.84. The van der Waals surface area contributed by atoms with Crippen molar-refractivity contribution >= 4 is 11.6 Å². The van der Waals surface area contributed by atoms with Gasteiger partial charge in [0.2, 0.25) is 0 Å². The lowest BCUT2D eigenvalue weighted by molar-refractivity contribution is 0.500. The van der Waals surface area contributed by atoms with Gasteiger partial charge in [0, 0.05) is 44.0 Å². The molecule has 1 saturated heterocycles. The van der Waals surface area contributed by atoms with Gasteiger partial charge in [-0.2, -0.15) is 0 Å². The fraction of sp³-hybridized carbons (Fsp3) is 0.421. The van der Waals surface area contributed by atoms with Gasteiger partial charge in [-0.3, -0.25) is 4.99 Å². The molecule has 1 aliphatic rings. The quantitative estimate of drug-likeness (QED) is 0.670. The van der Waals surface area contributed by atoms with Crippen LogP contribution in [0.1, 0.15) is 23.5 Å². The Bertz CT molecular complexity index is 693. The third-order valence-corrected chi connectivity index (χ3v) is 4.46. The molecular weight excluding hydrogens is 300 g/mol. The summed E-state index contributed by atoms with van der Waals surface area (Å²) in [6, 6.07) is 13.0. The highest BCUT2D eigenvalue weighted by Gasteiger charge is 2.23. The third kappa shape index (κ3) is 3.91. The molecule has 0 amide bonds. The van der Waals surface area contributed by atoms with E-state index in [0.29, 0.717) is 6.04 Å². The van der Waals surface area contributed by atoms with Crippen LogP contribution in [-0.2, 0) is 6.54 Å². The maximum Gasteiger partial charge on any atom is 0.191 e. The smallest absolute Gasteiger partial charge is 0.191 e. The lowest BCUT2D eigenvalue weighted by Gasteiger charge is -2.20. The molecule has 1 aromatic heterocycles. The lowest BCUT2D eigenvalue weighted by Crippen LogP contribution is -2.44. The Labute approximate surface area is 143 Å². The fourth-order valence-electron chi connectivity index (χ4n) is 3.18. The van der Waals surface area contributed by atoms with Crippen LogP contribution in [0.2, 0.25) is 0 Å². The van der Waals surface area contributed by atoms with Crippen molar-refractivity contribution in [3.05, 3.63) is 53.5 Å². The third-order valence-electron chi connectivity index (χ3n) is 4.46. The van der Waals surface area contributed by atoms with Crippen molar-refractivity contribution < 1.29 is 4.42 Å². The van der Waals surface area contributed by atoms with Crippen molar-refractivity contribution in [3.63, 3.8) is 0 Å². The van der Waals surface area contributed by atoms with Gasteiger partial charge >= 0.3 is 0 Å². The van der Waals surface area contributed by atoms with Gasteiger partial charge in [-0.15, -0.1) is 0 Å². The number of furan rings is 1. The molecular formula is C19H26N4O. The highest BCUT2D eigenvalue weighted by Crippen LogP contribution is 2.19. The lowest BCUT2D eigenvalue weighted by atomic mass is 10.2. The van der Waals surface area contributed by atoms with Gasteiger partial charge in [-0.25, -0.2) is 0 Å². The van der Waals surface area contributed by atoms with Crippen molar-refractivity contribution in [1.29, 1.82) is 0 Å². The first kappa shape index (κ1) is 16.4. The first-order valence-electron chi connectivity index (χ1n) is 8.49. The summed E-state index contributed by atoms with van der Waals surface area (Å²) >= 11 is 0. The largest absolute Gasteiger partial charge is 0.466 e. The standard InChI is InChI=1S/C19H26N4O/c1-14-11-16(15(2)24-14)12-21-19(20-3)22-17-9-10-23(13-17)18-7-5-4-6-8-18/h4-8,11,17H,9-10,12-13H2,1-3H3,(H2,20,21,22). The zero-order valence-electron chi connectivity index (χ0n) is 14.7. The molecule has 2 aromatic rings. The molecule has 2 heterocycles. The summed E-state index contributed by atoms with van der Waals surface area (Å²) in [5.41, 5.74) is 2.46. The molecule has 5 nitrogen and oxygen atoms in total. The molecule has 0 saturated carbocycles. The van der Waals surface area contributed by atoms with Gasteiger partial charge in [0.1, 0.15) is 11.5 Å². The van der Waals surface area contributed by atoms with Gasteiger partial charge in [0.25, 0.3) is 0 Å². The van der Waals surface area contributed by atoms with E-state index in [9.17, 15) is 0 Å². The van der Waals surface area contributed by atoms with E-state index < -0.39 is 0 Å². The van der Waals surface area contributed by atoms with Crippen molar-refractivity contribution in [2.24, 2.45) is 4.99 Å². The van der Waals surface area contributed by atoms with Crippen LogP contribution in [0.5, 0.6) is 0 Å². The summed E-state index contributed by atoms with van der Waals surface area (Å²) in [4.78, 5) is 6.76. The van der Waals surface area contributed by atoms with Crippen molar-refractivity contribution in [1.82, 2.24) is 10.6 Å². The molecule has 1 atom stereocenters. The second-order valence-electron chi connectivity index (χ2n) is 6.28. The minimum atomic E-state index is 0.406. The van der Waals surface area contributed by atoms with Crippen LogP contribution in [0, 0.1) is 13.8 Å². The van der Waals surface area contributed by atoms with Crippen LogP contribution < -0.4 is 15.5 Å². The Morgan fingerprint density at radius 3 is 2.75 bits per heavy atom. The summed E-state index contributed by atoms with van der Waals surface area (Å²) in [5.74, 6) is 2.75. The van der Waals surface area contributed by atoms with E-state index in [4.69, 9.17) is 4.42 Å². The number of para-hydroxylation sites is 1. The topological polar surface area (TPSA) is 52.8 Å². The number of benzene rings is 1. The molecule has 0 radical (unpaired) electrons. The molecule has 2 N–H and O–H groups in total. The SMILES string of the molecule is CN=C(NCc1cc(C)oc1C)NC1CCN(c2ccccc2)C1. The number of nitrogens with one attached hydrogen (secondary N) is 2. The number of rotatable bonds is 4. The van der Waals surface area contributed by atoms with Gasteiger partial charge in [0.05, 0.1) is 0 Å². The van der Waals surface area contributed by atoms with E-state index in [1.165, 1.54) is 11.3 Å². The Hall–Kier alpha value is -2.43. The molecule has 3 rings (SSSR count). The number of aryl methyl sites for hydroxylation is 2. The Morgan fingerprint density at radius 2 is 2.08 bits per heavy atom. The van der Waals surface area contributed by atoms with E-state index in [1.54, 1.807) is 0 Å². The number of hydrogen-bond donors (Lipinski definition) is 2. The Kier molecular flexibility index (Phi) is 5.08. The summed E-state index contributed by atoms with van der Waals surface area (Å²) in [6.45, 7) is 6.75. The predicted molar refractivity (Wildman–Crippen MR) is 98.6 cm³/mol. The number of guanidine groups is 1. The van der Waals surface area contributed by atoms with Crippen molar-refractivity contribution in [2.75, 3.05) is 25.0 Å². The van der Waals surface area contributed by atoms with Gasteiger partial charge in [0.15, 0.2) is 5.96 Å². The molecule has 1 fully saturated rings. The van der Waals surface area contributed by atoms with Crippen LogP contribution in [0.25, 0.3) is 0 Å². The summed E-state index contributed by atoms with van der Waals surface area (Å²) in [5, 5.41) is 6.91. The molecule has 1 unspecified atom stereocenters. The fourth-order valence-corrected chi connectivity index (χ4v) is 3.18. The van der Waals surface area contributed by atoms with Gasteiger partial charge < -0.3 is 20.0 Å². The maximum absolute atomic E-state index is 5.57. The zero-order chi connectivity index (χ0) is 16.9. The van der Waals surface area contributed by atoms with E-state index >= 15 is 0 Å². The second-order valence-corrected chi connectivity index (χ2v) is 6.28. The van der Waals surface area contributed by atoms with E-state index in [1.807, 2.05) is 20.9 Å².